The first-order chi connectivity index (χ1) is 10.1. The van der Waals surface area contributed by atoms with Crippen molar-refractivity contribution in [3.8, 4) is 0 Å². The van der Waals surface area contributed by atoms with Gasteiger partial charge in [0.2, 0.25) is 0 Å². The molecule has 2 rings (SSSR count). The van der Waals surface area contributed by atoms with E-state index in [0.29, 0.717) is 11.1 Å². The molecule has 118 valence electrons. The van der Waals surface area contributed by atoms with Gasteiger partial charge < -0.3 is 0 Å². The Morgan fingerprint density at radius 1 is 1.09 bits per heavy atom. The molecule has 0 saturated carbocycles. The van der Waals surface area contributed by atoms with Crippen LogP contribution in [0.15, 0.2) is 51.8 Å². The molecule has 0 radical (unpaired) electrons. The second kappa shape index (κ2) is 6.10. The van der Waals surface area contributed by atoms with Gasteiger partial charge in [-0.25, -0.2) is 8.42 Å². The molecule has 0 fully saturated rings. The van der Waals surface area contributed by atoms with E-state index in [2.05, 4.69) is 20.7 Å². The molecule has 0 heterocycles. The molecule has 2 aromatic carbocycles. The highest BCUT2D eigenvalue weighted by Crippen LogP contribution is 2.33. The third-order valence-electron chi connectivity index (χ3n) is 2.59. The summed E-state index contributed by atoms with van der Waals surface area (Å²) in [7, 11) is -4.17. The summed E-state index contributed by atoms with van der Waals surface area (Å²) in [5.41, 5.74) is -0.908. The van der Waals surface area contributed by atoms with Crippen LogP contribution in [-0.2, 0) is 16.2 Å². The largest absolute Gasteiger partial charge is 0.416 e. The molecule has 0 atom stereocenters. The van der Waals surface area contributed by atoms with Gasteiger partial charge >= 0.3 is 6.18 Å². The molecular weight excluding hydrogens is 407 g/mol. The molecule has 0 unspecified atom stereocenters. The van der Waals surface area contributed by atoms with Crippen molar-refractivity contribution in [2.24, 2.45) is 0 Å². The van der Waals surface area contributed by atoms with E-state index < -0.39 is 26.7 Å². The minimum Gasteiger partial charge on any atom is -0.280 e. The van der Waals surface area contributed by atoms with E-state index >= 15 is 0 Å². The van der Waals surface area contributed by atoms with E-state index in [9.17, 15) is 21.6 Å². The Hall–Kier alpha value is -1.25. The second-order valence-electron chi connectivity index (χ2n) is 4.29. The average Bonchev–Trinajstić information content (AvgIpc) is 2.36. The molecular formula is C13H8BrClF3NO2S. The van der Waals surface area contributed by atoms with E-state index in [1.807, 2.05) is 0 Å². The first kappa shape index (κ1) is 17.1. The number of alkyl halides is 3. The monoisotopic (exact) mass is 413 g/mol. The lowest BCUT2D eigenvalue weighted by Crippen LogP contribution is -2.14. The molecule has 9 heteroatoms. The summed E-state index contributed by atoms with van der Waals surface area (Å²) in [6.07, 6.45) is -4.65. The van der Waals surface area contributed by atoms with Crippen LogP contribution in [0, 0.1) is 0 Å². The van der Waals surface area contributed by atoms with Crippen LogP contribution in [-0.4, -0.2) is 8.42 Å². The van der Waals surface area contributed by atoms with Gasteiger partial charge in [0, 0.05) is 9.50 Å². The number of sulfonamides is 1. The predicted molar refractivity (Wildman–Crippen MR) is 81.4 cm³/mol. The number of anilines is 1. The number of hydrogen-bond acceptors (Lipinski definition) is 2. The maximum atomic E-state index is 12.8. The lowest BCUT2D eigenvalue weighted by atomic mass is 10.2. The van der Waals surface area contributed by atoms with Crippen LogP contribution < -0.4 is 4.72 Å². The lowest BCUT2D eigenvalue weighted by Gasteiger charge is -2.12. The fourth-order valence-corrected chi connectivity index (χ4v) is 3.60. The number of halogens is 5. The molecule has 0 aliphatic heterocycles. The normalized spacial score (nSPS) is 12.2. The van der Waals surface area contributed by atoms with E-state index in [-0.39, 0.29) is 10.2 Å². The summed E-state index contributed by atoms with van der Waals surface area (Å²) < 4.78 is 64.9. The van der Waals surface area contributed by atoms with Gasteiger partial charge in [-0.2, -0.15) is 13.2 Å². The van der Waals surface area contributed by atoms with E-state index in [1.165, 1.54) is 18.2 Å². The number of hydrogen-bond donors (Lipinski definition) is 1. The zero-order valence-corrected chi connectivity index (χ0v) is 13.8. The van der Waals surface area contributed by atoms with Gasteiger partial charge in [0.25, 0.3) is 10.0 Å². The quantitative estimate of drug-likeness (QED) is 0.775. The van der Waals surface area contributed by atoms with Crippen molar-refractivity contribution in [3.63, 3.8) is 0 Å². The van der Waals surface area contributed by atoms with Gasteiger partial charge in [-0.3, -0.25) is 4.72 Å². The Bertz CT molecular complexity index is 809. The van der Waals surface area contributed by atoms with Crippen molar-refractivity contribution < 1.29 is 21.6 Å². The third kappa shape index (κ3) is 4.15. The lowest BCUT2D eigenvalue weighted by molar-refractivity contribution is -0.137. The molecule has 22 heavy (non-hydrogen) atoms. The molecule has 0 saturated heterocycles. The molecule has 3 nitrogen and oxygen atoms in total. The van der Waals surface area contributed by atoms with Crippen LogP contribution >= 0.6 is 27.5 Å². The molecule has 0 amide bonds. The van der Waals surface area contributed by atoms with Crippen LogP contribution in [0.25, 0.3) is 0 Å². The molecule has 0 aromatic heterocycles. The summed E-state index contributed by atoms with van der Waals surface area (Å²) in [6.45, 7) is 0. The molecule has 2 aromatic rings. The highest BCUT2D eigenvalue weighted by atomic mass is 79.9. The van der Waals surface area contributed by atoms with Crippen molar-refractivity contribution in [1.82, 2.24) is 0 Å². The highest BCUT2D eigenvalue weighted by Gasteiger charge is 2.32. The van der Waals surface area contributed by atoms with Gasteiger partial charge in [-0.05, 0) is 36.4 Å². The minimum absolute atomic E-state index is 0.00814. The van der Waals surface area contributed by atoms with Crippen molar-refractivity contribution in [2.75, 3.05) is 4.72 Å². The number of benzene rings is 2. The number of rotatable bonds is 3. The van der Waals surface area contributed by atoms with Crippen LogP contribution in [0.1, 0.15) is 5.56 Å². The van der Waals surface area contributed by atoms with Crippen molar-refractivity contribution >= 4 is 43.2 Å². The van der Waals surface area contributed by atoms with Gasteiger partial charge in [0.1, 0.15) is 0 Å². The Kier molecular flexibility index (Phi) is 4.74. The Morgan fingerprint density at radius 2 is 1.77 bits per heavy atom. The standard InChI is InChI=1S/C13H8BrClF3NO2S/c14-9-4-8(13(16,17)18)5-12(6-9)22(20,21)19-11-3-1-2-10(15)7-11/h1-7,19H. The SMILES string of the molecule is O=S(=O)(Nc1cccc(Cl)c1)c1cc(Br)cc(C(F)(F)F)c1. The minimum atomic E-state index is -4.65. The smallest absolute Gasteiger partial charge is 0.280 e. The van der Waals surface area contributed by atoms with Gasteiger partial charge in [0.15, 0.2) is 0 Å². The van der Waals surface area contributed by atoms with Gasteiger partial charge in [-0.1, -0.05) is 33.6 Å². The van der Waals surface area contributed by atoms with Gasteiger partial charge in [-0.15, -0.1) is 0 Å². The predicted octanol–water partition coefficient (Wildman–Crippen LogP) is 4.92. The van der Waals surface area contributed by atoms with Crippen LogP contribution in [0.2, 0.25) is 5.02 Å². The maximum absolute atomic E-state index is 12.8. The van der Waals surface area contributed by atoms with Gasteiger partial charge in [0.05, 0.1) is 16.1 Å². The first-order valence-electron chi connectivity index (χ1n) is 5.74. The highest BCUT2D eigenvalue weighted by molar-refractivity contribution is 9.10. The number of nitrogens with one attached hydrogen (secondary N) is 1. The summed E-state index contributed by atoms with van der Waals surface area (Å²) in [4.78, 5) is -0.505. The molecule has 0 aliphatic carbocycles. The van der Waals surface area contributed by atoms with Crippen LogP contribution in [0.3, 0.4) is 0 Å². The topological polar surface area (TPSA) is 46.2 Å². The average molecular weight is 415 g/mol. The van der Waals surface area contributed by atoms with E-state index in [0.717, 1.165) is 12.1 Å². The van der Waals surface area contributed by atoms with Crippen molar-refractivity contribution in [1.29, 1.82) is 0 Å². The fourth-order valence-electron chi connectivity index (χ4n) is 1.65. The molecule has 0 aliphatic rings. The van der Waals surface area contributed by atoms with Crippen molar-refractivity contribution in [3.05, 3.63) is 57.5 Å². The molecule has 0 bridgehead atoms. The zero-order chi connectivity index (χ0) is 16.5. The second-order valence-corrected chi connectivity index (χ2v) is 7.32. The van der Waals surface area contributed by atoms with E-state index in [4.69, 9.17) is 11.6 Å². The Morgan fingerprint density at radius 3 is 2.36 bits per heavy atom. The fraction of sp³-hybridized carbons (Fsp3) is 0.0769. The molecule has 0 spiro atoms. The summed E-state index contributed by atoms with van der Waals surface area (Å²) >= 11 is 8.62. The van der Waals surface area contributed by atoms with Crippen LogP contribution in [0.5, 0.6) is 0 Å². The first-order valence-corrected chi connectivity index (χ1v) is 8.39. The van der Waals surface area contributed by atoms with E-state index in [1.54, 1.807) is 6.07 Å². The zero-order valence-electron chi connectivity index (χ0n) is 10.7. The van der Waals surface area contributed by atoms with Crippen molar-refractivity contribution in [2.45, 2.75) is 11.1 Å². The maximum Gasteiger partial charge on any atom is 0.416 e. The summed E-state index contributed by atoms with van der Waals surface area (Å²) in [6, 6.07) is 8.30. The Balaban J connectivity index is 2.43. The van der Waals surface area contributed by atoms with Crippen LogP contribution in [0.4, 0.5) is 18.9 Å². The summed E-state index contributed by atoms with van der Waals surface area (Å²) in [5, 5.41) is 0.297. The summed E-state index contributed by atoms with van der Waals surface area (Å²) in [5.74, 6) is 0. The molecule has 1 N–H and O–H groups in total. The third-order valence-corrected chi connectivity index (χ3v) is 4.64. The Labute approximate surface area is 138 Å².